The highest BCUT2D eigenvalue weighted by Gasteiger charge is 2.08. The van der Waals surface area contributed by atoms with Crippen molar-refractivity contribution in [2.24, 2.45) is 0 Å². The van der Waals surface area contributed by atoms with Gasteiger partial charge in [0.15, 0.2) is 5.65 Å². The van der Waals surface area contributed by atoms with E-state index in [2.05, 4.69) is 73.8 Å². The van der Waals surface area contributed by atoms with E-state index in [4.69, 9.17) is 0 Å². The van der Waals surface area contributed by atoms with E-state index < -0.39 is 0 Å². The molecular formula is C19H17N5. The van der Waals surface area contributed by atoms with Crippen molar-refractivity contribution >= 4 is 16.9 Å². The minimum atomic E-state index is 0.755. The maximum atomic E-state index is 4.37. The van der Waals surface area contributed by atoms with Gasteiger partial charge in [-0.2, -0.15) is 0 Å². The van der Waals surface area contributed by atoms with Crippen LogP contribution in [0.4, 0.5) is 5.69 Å². The van der Waals surface area contributed by atoms with Crippen molar-refractivity contribution in [3.8, 4) is 11.3 Å². The molecule has 0 aliphatic carbocycles. The van der Waals surface area contributed by atoms with E-state index in [9.17, 15) is 0 Å². The molecule has 0 aliphatic heterocycles. The van der Waals surface area contributed by atoms with Gasteiger partial charge in [-0.25, -0.2) is 15.0 Å². The van der Waals surface area contributed by atoms with Crippen LogP contribution >= 0.6 is 0 Å². The maximum absolute atomic E-state index is 4.37. The molecule has 4 aromatic rings. The third kappa shape index (κ3) is 2.96. The van der Waals surface area contributed by atoms with Crippen LogP contribution in [0.15, 0.2) is 67.3 Å². The molecule has 0 amide bonds. The van der Waals surface area contributed by atoms with E-state index >= 15 is 0 Å². The Balaban J connectivity index is 1.46. The predicted octanol–water partition coefficient (Wildman–Crippen LogP) is 3.67. The SMILES string of the molecule is c1ccc(CCNc2ccc(-c3ncnc4[nH]cnc34)cc2)cc1. The summed E-state index contributed by atoms with van der Waals surface area (Å²) in [5, 5.41) is 3.45. The van der Waals surface area contributed by atoms with Crippen LogP contribution in [0.2, 0.25) is 0 Å². The van der Waals surface area contributed by atoms with Gasteiger partial charge < -0.3 is 10.3 Å². The van der Waals surface area contributed by atoms with Gasteiger partial charge in [-0.05, 0) is 24.1 Å². The number of imidazole rings is 1. The number of nitrogens with zero attached hydrogens (tertiary/aromatic N) is 3. The van der Waals surface area contributed by atoms with E-state index in [1.807, 2.05) is 6.07 Å². The Morgan fingerprint density at radius 3 is 2.54 bits per heavy atom. The normalized spacial score (nSPS) is 10.8. The van der Waals surface area contributed by atoms with Crippen molar-refractivity contribution in [1.29, 1.82) is 0 Å². The summed E-state index contributed by atoms with van der Waals surface area (Å²) in [5.41, 5.74) is 5.86. The topological polar surface area (TPSA) is 66.5 Å². The minimum Gasteiger partial charge on any atom is -0.385 e. The zero-order valence-corrected chi connectivity index (χ0v) is 13.1. The standard InChI is InChI=1S/C19H17N5/c1-2-4-14(5-3-1)10-11-20-16-8-6-15(7-9-16)17-18-19(23-12-21-17)24-13-22-18/h1-9,12-13,20H,10-11H2,(H,21,22,23,24). The first-order valence-corrected chi connectivity index (χ1v) is 7.92. The molecule has 2 aromatic heterocycles. The Hall–Kier alpha value is -3.21. The van der Waals surface area contributed by atoms with Crippen LogP contribution in [0, 0.1) is 0 Å². The van der Waals surface area contributed by atoms with Gasteiger partial charge in [-0.1, -0.05) is 42.5 Å². The first kappa shape index (κ1) is 14.4. The Bertz CT molecular complexity index is 929. The number of rotatable bonds is 5. The third-order valence-electron chi connectivity index (χ3n) is 3.96. The van der Waals surface area contributed by atoms with Crippen LogP contribution < -0.4 is 5.32 Å². The lowest BCUT2D eigenvalue weighted by Crippen LogP contribution is -2.04. The monoisotopic (exact) mass is 315 g/mol. The number of nitrogens with one attached hydrogen (secondary N) is 2. The van der Waals surface area contributed by atoms with E-state index in [1.165, 1.54) is 5.56 Å². The van der Waals surface area contributed by atoms with Crippen LogP contribution in [-0.2, 0) is 6.42 Å². The van der Waals surface area contributed by atoms with Gasteiger partial charge >= 0.3 is 0 Å². The molecule has 2 N–H and O–H groups in total. The van der Waals surface area contributed by atoms with Gasteiger partial charge in [0.05, 0.1) is 6.33 Å². The predicted molar refractivity (Wildman–Crippen MR) is 95.8 cm³/mol. The van der Waals surface area contributed by atoms with E-state index in [-0.39, 0.29) is 0 Å². The third-order valence-corrected chi connectivity index (χ3v) is 3.96. The lowest BCUT2D eigenvalue weighted by atomic mass is 10.1. The van der Waals surface area contributed by atoms with Crippen molar-refractivity contribution in [2.45, 2.75) is 6.42 Å². The molecule has 4 rings (SSSR count). The number of hydrogen-bond acceptors (Lipinski definition) is 4. The summed E-state index contributed by atoms with van der Waals surface area (Å²) in [6, 6.07) is 18.7. The molecule has 0 radical (unpaired) electrons. The number of H-pyrrole nitrogens is 1. The Morgan fingerprint density at radius 1 is 0.875 bits per heavy atom. The van der Waals surface area contributed by atoms with Crippen LogP contribution in [0.25, 0.3) is 22.4 Å². The number of aromatic amines is 1. The van der Waals surface area contributed by atoms with Crippen molar-refractivity contribution in [3.05, 3.63) is 72.8 Å². The summed E-state index contributed by atoms with van der Waals surface area (Å²) in [7, 11) is 0. The Kier molecular flexibility index (Phi) is 3.90. The largest absolute Gasteiger partial charge is 0.385 e. The number of aromatic nitrogens is 4. The summed E-state index contributed by atoms with van der Waals surface area (Å²) < 4.78 is 0. The highest BCUT2D eigenvalue weighted by Crippen LogP contribution is 2.24. The van der Waals surface area contributed by atoms with E-state index in [1.54, 1.807) is 12.7 Å². The molecule has 0 saturated carbocycles. The van der Waals surface area contributed by atoms with Gasteiger partial charge in [0.25, 0.3) is 0 Å². The molecule has 0 aliphatic rings. The van der Waals surface area contributed by atoms with Crippen LogP contribution in [0.1, 0.15) is 5.56 Å². The van der Waals surface area contributed by atoms with Crippen LogP contribution in [0.3, 0.4) is 0 Å². The molecule has 2 aromatic carbocycles. The van der Waals surface area contributed by atoms with Crippen molar-refractivity contribution in [2.75, 3.05) is 11.9 Å². The highest BCUT2D eigenvalue weighted by molar-refractivity contribution is 5.86. The summed E-state index contributed by atoms with van der Waals surface area (Å²) in [6.45, 7) is 0.903. The van der Waals surface area contributed by atoms with E-state index in [0.717, 1.165) is 41.1 Å². The van der Waals surface area contributed by atoms with Gasteiger partial charge in [-0.3, -0.25) is 0 Å². The maximum Gasteiger partial charge on any atom is 0.161 e. The second-order valence-corrected chi connectivity index (χ2v) is 5.56. The smallest absolute Gasteiger partial charge is 0.161 e. The average molecular weight is 315 g/mol. The number of hydrogen-bond donors (Lipinski definition) is 2. The molecule has 2 heterocycles. The highest BCUT2D eigenvalue weighted by atomic mass is 15.0. The molecule has 0 atom stereocenters. The molecule has 0 fully saturated rings. The van der Waals surface area contributed by atoms with Crippen LogP contribution in [0.5, 0.6) is 0 Å². The summed E-state index contributed by atoms with van der Waals surface area (Å²) in [5.74, 6) is 0. The zero-order valence-electron chi connectivity index (χ0n) is 13.1. The molecule has 5 heteroatoms. The molecule has 5 nitrogen and oxygen atoms in total. The molecule has 24 heavy (non-hydrogen) atoms. The Morgan fingerprint density at radius 2 is 1.71 bits per heavy atom. The fourth-order valence-corrected chi connectivity index (χ4v) is 2.72. The lowest BCUT2D eigenvalue weighted by molar-refractivity contribution is 1.02. The van der Waals surface area contributed by atoms with Crippen molar-refractivity contribution in [1.82, 2.24) is 19.9 Å². The van der Waals surface area contributed by atoms with Gasteiger partial charge in [0.2, 0.25) is 0 Å². The van der Waals surface area contributed by atoms with Gasteiger partial charge in [-0.15, -0.1) is 0 Å². The molecule has 0 spiro atoms. The van der Waals surface area contributed by atoms with Crippen molar-refractivity contribution in [3.63, 3.8) is 0 Å². The number of benzene rings is 2. The minimum absolute atomic E-state index is 0.755. The first-order chi connectivity index (χ1) is 11.9. The zero-order chi connectivity index (χ0) is 16.2. The molecule has 118 valence electrons. The van der Waals surface area contributed by atoms with Crippen molar-refractivity contribution < 1.29 is 0 Å². The van der Waals surface area contributed by atoms with Gasteiger partial charge in [0.1, 0.15) is 17.5 Å². The summed E-state index contributed by atoms with van der Waals surface area (Å²) in [4.78, 5) is 15.9. The van der Waals surface area contributed by atoms with Gasteiger partial charge in [0, 0.05) is 17.8 Å². The first-order valence-electron chi connectivity index (χ1n) is 7.92. The second kappa shape index (κ2) is 6.50. The molecule has 0 bridgehead atoms. The Labute approximate surface area is 139 Å². The van der Waals surface area contributed by atoms with E-state index in [0.29, 0.717) is 0 Å². The fraction of sp³-hybridized carbons (Fsp3) is 0.105. The molecule has 0 unspecified atom stereocenters. The summed E-state index contributed by atoms with van der Waals surface area (Å²) in [6.07, 6.45) is 4.20. The number of fused-ring (bicyclic) bond motifs is 1. The molecule has 0 saturated heterocycles. The molecular weight excluding hydrogens is 298 g/mol. The second-order valence-electron chi connectivity index (χ2n) is 5.56. The fourth-order valence-electron chi connectivity index (χ4n) is 2.72. The lowest BCUT2D eigenvalue weighted by Gasteiger charge is -2.08. The van der Waals surface area contributed by atoms with Crippen LogP contribution in [-0.4, -0.2) is 26.5 Å². The number of anilines is 1. The average Bonchev–Trinajstić information content (AvgIpc) is 3.12. The summed E-state index contributed by atoms with van der Waals surface area (Å²) >= 11 is 0. The quantitative estimate of drug-likeness (QED) is 0.589.